The Bertz CT molecular complexity index is 574. The number of pyridine rings is 1. The Hall–Kier alpha value is -2.07. The van der Waals surface area contributed by atoms with E-state index in [4.69, 9.17) is 5.73 Å². The summed E-state index contributed by atoms with van der Waals surface area (Å²) < 4.78 is 0. The Kier molecular flexibility index (Phi) is 4.06. The summed E-state index contributed by atoms with van der Waals surface area (Å²) >= 11 is 0. The number of hydrogen-bond acceptors (Lipinski definition) is 4. The lowest BCUT2D eigenvalue weighted by atomic mass is 10.1. The van der Waals surface area contributed by atoms with Gasteiger partial charge in [-0.3, -0.25) is 0 Å². The van der Waals surface area contributed by atoms with Crippen LogP contribution in [0.4, 0.5) is 11.5 Å². The molecule has 2 aromatic rings. The minimum atomic E-state index is 0.0648. The van der Waals surface area contributed by atoms with Crippen LogP contribution in [0.5, 0.6) is 0 Å². The van der Waals surface area contributed by atoms with Crippen LogP contribution in [0.3, 0.4) is 0 Å². The number of nitrogens with zero attached hydrogens (tertiary/aromatic N) is 3. The SMILES string of the molecule is CC(N)c1ccccc1N1CCN(c2ccccn2)CC1. The van der Waals surface area contributed by atoms with Gasteiger partial charge in [0, 0.05) is 44.1 Å². The van der Waals surface area contributed by atoms with Crippen molar-refractivity contribution in [2.45, 2.75) is 13.0 Å². The zero-order valence-electron chi connectivity index (χ0n) is 12.4. The van der Waals surface area contributed by atoms with Gasteiger partial charge < -0.3 is 15.5 Å². The van der Waals surface area contributed by atoms with Crippen molar-refractivity contribution in [3.8, 4) is 0 Å². The van der Waals surface area contributed by atoms with Gasteiger partial charge in [0.2, 0.25) is 0 Å². The molecule has 0 spiro atoms. The van der Waals surface area contributed by atoms with Crippen molar-refractivity contribution in [3.05, 3.63) is 54.2 Å². The third kappa shape index (κ3) is 3.00. The molecular weight excluding hydrogens is 260 g/mol. The molecule has 1 aliphatic rings. The van der Waals surface area contributed by atoms with Gasteiger partial charge in [0.05, 0.1) is 0 Å². The van der Waals surface area contributed by atoms with Crippen molar-refractivity contribution >= 4 is 11.5 Å². The van der Waals surface area contributed by atoms with Crippen LogP contribution in [0, 0.1) is 0 Å². The van der Waals surface area contributed by atoms with E-state index in [-0.39, 0.29) is 6.04 Å². The van der Waals surface area contributed by atoms with Crippen LogP contribution in [0.1, 0.15) is 18.5 Å². The average molecular weight is 282 g/mol. The first-order valence-corrected chi connectivity index (χ1v) is 7.51. The standard InChI is InChI=1S/C17H22N4/c1-14(18)15-6-2-3-7-16(15)20-10-12-21(13-11-20)17-8-4-5-9-19-17/h2-9,14H,10-13,18H2,1H3. The van der Waals surface area contributed by atoms with E-state index in [0.717, 1.165) is 32.0 Å². The molecule has 4 heteroatoms. The van der Waals surface area contributed by atoms with Gasteiger partial charge in [-0.1, -0.05) is 24.3 Å². The summed E-state index contributed by atoms with van der Waals surface area (Å²) in [6, 6.07) is 14.6. The Morgan fingerprint density at radius 1 is 0.952 bits per heavy atom. The van der Waals surface area contributed by atoms with Crippen LogP contribution in [-0.4, -0.2) is 31.2 Å². The predicted octanol–water partition coefficient (Wildman–Crippen LogP) is 2.43. The molecule has 0 saturated carbocycles. The number of anilines is 2. The zero-order chi connectivity index (χ0) is 14.7. The molecule has 21 heavy (non-hydrogen) atoms. The molecule has 3 rings (SSSR count). The highest BCUT2D eigenvalue weighted by Gasteiger charge is 2.20. The number of aromatic nitrogens is 1. The molecule has 2 N–H and O–H groups in total. The van der Waals surface area contributed by atoms with E-state index in [9.17, 15) is 0 Å². The average Bonchev–Trinajstić information content (AvgIpc) is 2.56. The lowest BCUT2D eigenvalue weighted by Gasteiger charge is -2.37. The Balaban J connectivity index is 1.72. The topological polar surface area (TPSA) is 45.4 Å². The molecule has 1 fully saturated rings. The Morgan fingerprint density at radius 2 is 1.62 bits per heavy atom. The van der Waals surface area contributed by atoms with E-state index in [1.54, 1.807) is 0 Å². The quantitative estimate of drug-likeness (QED) is 0.939. The summed E-state index contributed by atoms with van der Waals surface area (Å²) in [7, 11) is 0. The molecule has 1 atom stereocenters. The van der Waals surface area contributed by atoms with Crippen molar-refractivity contribution in [2.75, 3.05) is 36.0 Å². The van der Waals surface area contributed by atoms with Gasteiger partial charge in [0.25, 0.3) is 0 Å². The molecule has 110 valence electrons. The van der Waals surface area contributed by atoms with E-state index < -0.39 is 0 Å². The van der Waals surface area contributed by atoms with E-state index in [0.29, 0.717) is 0 Å². The van der Waals surface area contributed by atoms with Crippen LogP contribution < -0.4 is 15.5 Å². The molecule has 1 unspecified atom stereocenters. The van der Waals surface area contributed by atoms with Crippen molar-refractivity contribution in [1.82, 2.24) is 4.98 Å². The second-order valence-electron chi connectivity index (χ2n) is 5.51. The lowest BCUT2D eigenvalue weighted by Crippen LogP contribution is -2.47. The van der Waals surface area contributed by atoms with Crippen molar-refractivity contribution in [3.63, 3.8) is 0 Å². The summed E-state index contributed by atoms with van der Waals surface area (Å²) in [5, 5.41) is 0. The molecule has 0 radical (unpaired) electrons. The zero-order valence-corrected chi connectivity index (χ0v) is 12.4. The fraction of sp³-hybridized carbons (Fsp3) is 0.353. The number of benzene rings is 1. The number of nitrogens with two attached hydrogens (primary N) is 1. The number of piperazine rings is 1. The number of para-hydroxylation sites is 1. The Morgan fingerprint density at radius 3 is 2.29 bits per heavy atom. The molecule has 1 aromatic carbocycles. The summed E-state index contributed by atoms with van der Waals surface area (Å²) in [5.41, 5.74) is 8.59. The molecule has 1 saturated heterocycles. The Labute approximate surface area is 126 Å². The highest BCUT2D eigenvalue weighted by Crippen LogP contribution is 2.26. The van der Waals surface area contributed by atoms with Gasteiger partial charge in [-0.15, -0.1) is 0 Å². The van der Waals surface area contributed by atoms with Crippen LogP contribution in [-0.2, 0) is 0 Å². The fourth-order valence-electron chi connectivity index (χ4n) is 2.88. The maximum atomic E-state index is 6.09. The van der Waals surface area contributed by atoms with Gasteiger partial charge in [0.1, 0.15) is 5.82 Å². The smallest absolute Gasteiger partial charge is 0.128 e. The minimum absolute atomic E-state index is 0.0648. The van der Waals surface area contributed by atoms with Gasteiger partial charge in [0.15, 0.2) is 0 Å². The van der Waals surface area contributed by atoms with Crippen LogP contribution in [0.15, 0.2) is 48.7 Å². The summed E-state index contributed by atoms with van der Waals surface area (Å²) in [4.78, 5) is 9.20. The van der Waals surface area contributed by atoms with Crippen LogP contribution in [0.25, 0.3) is 0 Å². The highest BCUT2D eigenvalue weighted by molar-refractivity contribution is 5.56. The van der Waals surface area contributed by atoms with E-state index in [1.165, 1.54) is 11.3 Å². The third-order valence-electron chi connectivity index (χ3n) is 4.02. The number of hydrogen-bond donors (Lipinski definition) is 1. The van der Waals surface area contributed by atoms with Crippen molar-refractivity contribution < 1.29 is 0 Å². The van der Waals surface area contributed by atoms with Crippen molar-refractivity contribution in [1.29, 1.82) is 0 Å². The molecule has 4 nitrogen and oxygen atoms in total. The van der Waals surface area contributed by atoms with E-state index in [2.05, 4.69) is 45.1 Å². The van der Waals surface area contributed by atoms with Crippen LogP contribution in [0.2, 0.25) is 0 Å². The molecule has 0 amide bonds. The molecule has 1 aromatic heterocycles. The predicted molar refractivity (Wildman–Crippen MR) is 87.7 cm³/mol. The van der Waals surface area contributed by atoms with Crippen LogP contribution >= 0.6 is 0 Å². The minimum Gasteiger partial charge on any atom is -0.368 e. The molecule has 0 bridgehead atoms. The first kappa shape index (κ1) is 13.9. The monoisotopic (exact) mass is 282 g/mol. The normalized spacial score (nSPS) is 16.9. The van der Waals surface area contributed by atoms with Gasteiger partial charge in [-0.05, 0) is 30.7 Å². The molecule has 2 heterocycles. The molecule has 1 aliphatic heterocycles. The third-order valence-corrected chi connectivity index (χ3v) is 4.02. The molecular formula is C17H22N4. The van der Waals surface area contributed by atoms with E-state index in [1.807, 2.05) is 25.3 Å². The van der Waals surface area contributed by atoms with Gasteiger partial charge in [-0.25, -0.2) is 4.98 Å². The summed E-state index contributed by atoms with van der Waals surface area (Å²) in [6.07, 6.45) is 1.85. The molecule has 0 aliphatic carbocycles. The number of rotatable bonds is 3. The maximum Gasteiger partial charge on any atom is 0.128 e. The van der Waals surface area contributed by atoms with Crippen molar-refractivity contribution in [2.24, 2.45) is 5.73 Å². The van der Waals surface area contributed by atoms with E-state index >= 15 is 0 Å². The summed E-state index contributed by atoms with van der Waals surface area (Å²) in [5.74, 6) is 1.07. The largest absolute Gasteiger partial charge is 0.368 e. The van der Waals surface area contributed by atoms with Gasteiger partial charge >= 0.3 is 0 Å². The fourth-order valence-corrected chi connectivity index (χ4v) is 2.88. The second kappa shape index (κ2) is 6.14. The summed E-state index contributed by atoms with van der Waals surface area (Å²) in [6.45, 7) is 6.03. The highest BCUT2D eigenvalue weighted by atomic mass is 15.3. The second-order valence-corrected chi connectivity index (χ2v) is 5.51. The lowest BCUT2D eigenvalue weighted by molar-refractivity contribution is 0.642. The van der Waals surface area contributed by atoms with Gasteiger partial charge in [-0.2, -0.15) is 0 Å². The first-order chi connectivity index (χ1) is 10.3. The first-order valence-electron chi connectivity index (χ1n) is 7.51. The maximum absolute atomic E-state index is 6.09.